The van der Waals surface area contributed by atoms with Gasteiger partial charge in [-0.25, -0.2) is 0 Å². The highest BCUT2D eigenvalue weighted by Gasteiger charge is 2.22. The Labute approximate surface area is 112 Å². The van der Waals surface area contributed by atoms with Gasteiger partial charge in [-0.05, 0) is 36.1 Å². The third kappa shape index (κ3) is 2.86. The van der Waals surface area contributed by atoms with Crippen molar-refractivity contribution in [3.8, 4) is 0 Å². The zero-order valence-electron chi connectivity index (χ0n) is 11.2. The van der Waals surface area contributed by atoms with E-state index >= 15 is 0 Å². The lowest BCUT2D eigenvalue weighted by Gasteiger charge is -2.19. The fraction of sp³-hybridized carbons (Fsp3) is 0.429. The maximum Gasteiger partial charge on any atom is 0.251 e. The van der Waals surface area contributed by atoms with Crippen LogP contribution in [-0.2, 0) is 11.2 Å². The first kappa shape index (κ1) is 13.4. The van der Waals surface area contributed by atoms with E-state index in [4.69, 9.17) is 5.73 Å². The van der Waals surface area contributed by atoms with Crippen LogP contribution in [0.15, 0.2) is 18.2 Å². The van der Waals surface area contributed by atoms with Crippen LogP contribution in [0.1, 0.15) is 29.8 Å². The van der Waals surface area contributed by atoms with E-state index in [-0.39, 0.29) is 11.8 Å². The molecule has 0 saturated heterocycles. The molecule has 0 spiro atoms. The normalized spacial score (nSPS) is 14.7. The van der Waals surface area contributed by atoms with Crippen molar-refractivity contribution in [2.24, 2.45) is 11.7 Å². The van der Waals surface area contributed by atoms with Gasteiger partial charge < -0.3 is 16.4 Å². The Morgan fingerprint density at radius 3 is 2.74 bits per heavy atom. The molecule has 102 valence electrons. The first-order chi connectivity index (χ1) is 8.99. The molecule has 1 unspecified atom stereocenters. The second-order valence-electron chi connectivity index (χ2n) is 5.15. The fourth-order valence-electron chi connectivity index (χ4n) is 2.24. The summed E-state index contributed by atoms with van der Waals surface area (Å²) in [7, 11) is 0. The topological polar surface area (TPSA) is 84.2 Å². The lowest BCUT2D eigenvalue weighted by Crippen LogP contribution is -2.47. The third-order valence-electron chi connectivity index (χ3n) is 3.34. The van der Waals surface area contributed by atoms with Gasteiger partial charge in [-0.2, -0.15) is 0 Å². The molecule has 1 atom stereocenters. The lowest BCUT2D eigenvalue weighted by molar-refractivity contribution is -0.120. The Morgan fingerprint density at radius 2 is 2.11 bits per heavy atom. The standard InChI is InChI=1S/C14H19N3O2/c1-8(2)12(13(15)18)17-14(19)10-3-4-11-9(7-10)5-6-16-11/h3-4,7-8,12,16H,5-6H2,1-2H3,(H2,15,18)(H,17,19). The Balaban J connectivity index is 2.13. The van der Waals surface area contributed by atoms with Crippen LogP contribution < -0.4 is 16.4 Å². The van der Waals surface area contributed by atoms with E-state index in [1.165, 1.54) is 0 Å². The summed E-state index contributed by atoms with van der Waals surface area (Å²) in [6, 6.07) is 4.87. The number of primary amides is 1. The number of carbonyl (C=O) groups excluding carboxylic acids is 2. The molecule has 1 aliphatic heterocycles. The summed E-state index contributed by atoms with van der Waals surface area (Å²) >= 11 is 0. The van der Waals surface area contributed by atoms with E-state index in [2.05, 4.69) is 10.6 Å². The van der Waals surface area contributed by atoms with Crippen LogP contribution in [-0.4, -0.2) is 24.4 Å². The predicted octanol–water partition coefficient (Wildman–Crippen LogP) is 0.894. The maximum absolute atomic E-state index is 12.1. The summed E-state index contributed by atoms with van der Waals surface area (Å²) in [4.78, 5) is 23.4. The van der Waals surface area contributed by atoms with Crippen molar-refractivity contribution in [2.75, 3.05) is 11.9 Å². The summed E-state index contributed by atoms with van der Waals surface area (Å²) < 4.78 is 0. The van der Waals surface area contributed by atoms with Gasteiger partial charge in [0.25, 0.3) is 5.91 Å². The Bertz CT molecular complexity index is 511. The molecule has 5 nitrogen and oxygen atoms in total. The van der Waals surface area contributed by atoms with Crippen molar-refractivity contribution < 1.29 is 9.59 Å². The SMILES string of the molecule is CC(C)C(NC(=O)c1ccc2c(c1)CCN2)C(N)=O. The van der Waals surface area contributed by atoms with Gasteiger partial charge in [-0.3, -0.25) is 9.59 Å². The van der Waals surface area contributed by atoms with Crippen molar-refractivity contribution in [1.82, 2.24) is 5.32 Å². The summed E-state index contributed by atoms with van der Waals surface area (Å²) in [5.74, 6) is -0.795. The van der Waals surface area contributed by atoms with Crippen LogP contribution in [0.3, 0.4) is 0 Å². The molecule has 5 heteroatoms. The lowest BCUT2D eigenvalue weighted by atomic mass is 10.0. The van der Waals surface area contributed by atoms with Crippen molar-refractivity contribution in [2.45, 2.75) is 26.3 Å². The van der Waals surface area contributed by atoms with Crippen molar-refractivity contribution in [3.05, 3.63) is 29.3 Å². The zero-order chi connectivity index (χ0) is 14.0. The molecule has 0 aromatic heterocycles. The number of carbonyl (C=O) groups is 2. The number of amides is 2. The highest BCUT2D eigenvalue weighted by molar-refractivity contribution is 5.98. The van der Waals surface area contributed by atoms with Gasteiger partial charge in [0.2, 0.25) is 5.91 Å². The Hall–Kier alpha value is -2.04. The molecule has 1 aromatic carbocycles. The van der Waals surface area contributed by atoms with E-state index in [0.29, 0.717) is 5.56 Å². The smallest absolute Gasteiger partial charge is 0.251 e. The quantitative estimate of drug-likeness (QED) is 0.752. The largest absolute Gasteiger partial charge is 0.384 e. The molecule has 0 saturated carbocycles. The highest BCUT2D eigenvalue weighted by atomic mass is 16.2. The van der Waals surface area contributed by atoms with Gasteiger partial charge in [-0.1, -0.05) is 13.8 Å². The van der Waals surface area contributed by atoms with Crippen LogP contribution >= 0.6 is 0 Å². The molecule has 4 N–H and O–H groups in total. The second kappa shape index (κ2) is 5.30. The molecule has 0 aliphatic carbocycles. The number of nitrogens with two attached hydrogens (primary N) is 1. The van der Waals surface area contributed by atoms with Crippen LogP contribution in [0.25, 0.3) is 0 Å². The van der Waals surface area contributed by atoms with Crippen molar-refractivity contribution in [3.63, 3.8) is 0 Å². The number of nitrogens with one attached hydrogen (secondary N) is 2. The average molecular weight is 261 g/mol. The minimum Gasteiger partial charge on any atom is -0.384 e. The van der Waals surface area contributed by atoms with Crippen LogP contribution in [0, 0.1) is 5.92 Å². The van der Waals surface area contributed by atoms with E-state index in [1.54, 1.807) is 6.07 Å². The second-order valence-corrected chi connectivity index (χ2v) is 5.15. The molecule has 0 bridgehead atoms. The summed E-state index contributed by atoms with van der Waals surface area (Å²) in [6.45, 7) is 4.60. The van der Waals surface area contributed by atoms with E-state index in [0.717, 1.165) is 24.2 Å². The molecule has 2 rings (SSSR count). The number of anilines is 1. The monoisotopic (exact) mass is 261 g/mol. The summed E-state index contributed by atoms with van der Waals surface area (Å²) in [5, 5.41) is 5.93. The zero-order valence-corrected chi connectivity index (χ0v) is 11.2. The van der Waals surface area contributed by atoms with Crippen LogP contribution in [0.5, 0.6) is 0 Å². The Kier molecular flexibility index (Phi) is 3.74. The number of hydrogen-bond donors (Lipinski definition) is 3. The summed E-state index contributed by atoms with van der Waals surface area (Å²) in [6.07, 6.45) is 0.917. The predicted molar refractivity (Wildman–Crippen MR) is 73.9 cm³/mol. The number of fused-ring (bicyclic) bond motifs is 1. The molecule has 1 heterocycles. The van der Waals surface area contributed by atoms with E-state index in [9.17, 15) is 9.59 Å². The van der Waals surface area contributed by atoms with Gasteiger partial charge in [0, 0.05) is 17.8 Å². The third-order valence-corrected chi connectivity index (χ3v) is 3.34. The van der Waals surface area contributed by atoms with Crippen LogP contribution in [0.4, 0.5) is 5.69 Å². The van der Waals surface area contributed by atoms with Crippen molar-refractivity contribution >= 4 is 17.5 Å². The van der Waals surface area contributed by atoms with Gasteiger partial charge >= 0.3 is 0 Å². The number of hydrogen-bond acceptors (Lipinski definition) is 3. The molecular formula is C14H19N3O2. The molecule has 1 aliphatic rings. The molecule has 19 heavy (non-hydrogen) atoms. The fourth-order valence-corrected chi connectivity index (χ4v) is 2.24. The van der Waals surface area contributed by atoms with Gasteiger partial charge in [0.15, 0.2) is 0 Å². The maximum atomic E-state index is 12.1. The minimum atomic E-state index is -0.640. The minimum absolute atomic E-state index is 0.0301. The molecule has 2 amide bonds. The molecule has 0 radical (unpaired) electrons. The highest BCUT2D eigenvalue weighted by Crippen LogP contribution is 2.23. The first-order valence-corrected chi connectivity index (χ1v) is 6.46. The average Bonchev–Trinajstić information content (AvgIpc) is 2.81. The molecule has 1 aromatic rings. The van der Waals surface area contributed by atoms with E-state index < -0.39 is 11.9 Å². The Morgan fingerprint density at radius 1 is 1.37 bits per heavy atom. The van der Waals surface area contributed by atoms with E-state index in [1.807, 2.05) is 26.0 Å². The molecule has 0 fully saturated rings. The summed E-state index contributed by atoms with van der Waals surface area (Å²) in [5.41, 5.74) is 8.06. The van der Waals surface area contributed by atoms with Gasteiger partial charge in [0.05, 0.1) is 0 Å². The van der Waals surface area contributed by atoms with Crippen LogP contribution in [0.2, 0.25) is 0 Å². The van der Waals surface area contributed by atoms with Gasteiger partial charge in [0.1, 0.15) is 6.04 Å². The molecular weight excluding hydrogens is 242 g/mol. The van der Waals surface area contributed by atoms with Crippen molar-refractivity contribution in [1.29, 1.82) is 0 Å². The first-order valence-electron chi connectivity index (χ1n) is 6.46. The van der Waals surface area contributed by atoms with Gasteiger partial charge in [-0.15, -0.1) is 0 Å². The number of rotatable bonds is 4. The number of benzene rings is 1.